The highest BCUT2D eigenvalue weighted by Gasteiger charge is 2.45. The molecule has 1 saturated heterocycles. The van der Waals surface area contributed by atoms with Crippen molar-refractivity contribution in [1.82, 2.24) is 25.8 Å². The number of amides is 6. The van der Waals surface area contributed by atoms with E-state index >= 15 is 4.39 Å². The molecular weight excluding hydrogens is 854 g/mol. The summed E-state index contributed by atoms with van der Waals surface area (Å²) in [4.78, 5) is 93.1. The van der Waals surface area contributed by atoms with E-state index in [4.69, 9.17) is 5.73 Å². The Bertz CT molecular complexity index is 2700. The Morgan fingerprint density at radius 3 is 2.49 bits per heavy atom. The summed E-state index contributed by atoms with van der Waals surface area (Å²) < 4.78 is 18.8. The van der Waals surface area contributed by atoms with Crippen LogP contribution in [0, 0.1) is 5.82 Å². The highest BCUT2D eigenvalue weighted by atomic mass is 32.2. The summed E-state index contributed by atoms with van der Waals surface area (Å²) in [5, 5.41) is 13.8. The fourth-order valence-electron chi connectivity index (χ4n) is 7.55. The van der Waals surface area contributed by atoms with Crippen LogP contribution in [0.4, 0.5) is 27.3 Å². The molecule has 6 amide bonds. The van der Waals surface area contributed by atoms with Crippen LogP contribution >= 0.6 is 11.9 Å². The average Bonchev–Trinajstić information content (AvgIpc) is 3.55. The number of nitrogens with one attached hydrogen (secondary N) is 6. The first-order valence-corrected chi connectivity index (χ1v) is 21.7. The van der Waals surface area contributed by atoms with Gasteiger partial charge in [0.25, 0.3) is 11.8 Å². The number of unbranched alkanes of at least 4 members (excludes halogenated alkanes) is 1. The number of nitrogens with zero attached hydrogens (tertiary/aromatic N) is 2. The molecule has 0 radical (unpaired) electrons. The second-order valence-electron chi connectivity index (χ2n) is 15.4. The van der Waals surface area contributed by atoms with Gasteiger partial charge in [0.15, 0.2) is 0 Å². The number of halogens is 1. The number of nitrogen functional groups attached to an aromatic ring is 1. The van der Waals surface area contributed by atoms with Crippen molar-refractivity contribution in [1.29, 1.82) is 0 Å². The maximum absolute atomic E-state index is 15.6. The summed E-state index contributed by atoms with van der Waals surface area (Å²) in [6.07, 6.45) is 4.26. The van der Waals surface area contributed by atoms with E-state index in [2.05, 4.69) is 36.3 Å². The van der Waals surface area contributed by atoms with Crippen LogP contribution in [0.2, 0.25) is 0 Å². The van der Waals surface area contributed by atoms with Crippen molar-refractivity contribution < 1.29 is 38.0 Å². The maximum Gasteiger partial charge on any atom is 0.264 e. The van der Waals surface area contributed by atoms with E-state index < -0.39 is 35.5 Å². The average molecular weight is 900 g/mol. The molecule has 1 aromatic heterocycles. The topological polar surface area (TPSA) is 234 Å². The van der Waals surface area contributed by atoms with Gasteiger partial charge in [-0.3, -0.25) is 43.8 Å². The van der Waals surface area contributed by atoms with Gasteiger partial charge in [-0.2, -0.15) is 0 Å². The van der Waals surface area contributed by atoms with Crippen LogP contribution in [0.1, 0.15) is 68.7 Å². The van der Waals surface area contributed by atoms with Crippen molar-refractivity contribution in [3.05, 3.63) is 119 Å². The highest BCUT2D eigenvalue weighted by molar-refractivity contribution is 8.00. The van der Waals surface area contributed by atoms with Crippen LogP contribution in [0.3, 0.4) is 0 Å². The molecular formula is C47H46FN9O7S. The highest BCUT2D eigenvalue weighted by Crippen LogP contribution is 2.35. The number of hydrogen-bond donors (Lipinski definition) is 7. The molecule has 4 aromatic carbocycles. The zero-order valence-corrected chi connectivity index (χ0v) is 36.1. The molecule has 1 atom stereocenters. The lowest BCUT2D eigenvalue weighted by Gasteiger charge is -2.27. The smallest absolute Gasteiger partial charge is 0.264 e. The van der Waals surface area contributed by atoms with Crippen LogP contribution in [0.5, 0.6) is 0 Å². The summed E-state index contributed by atoms with van der Waals surface area (Å²) in [6, 6.07) is 22.7. The number of fused-ring (bicyclic) bond motifs is 1. The van der Waals surface area contributed by atoms with Crippen molar-refractivity contribution in [2.45, 2.75) is 49.5 Å². The van der Waals surface area contributed by atoms with Gasteiger partial charge in [-0.1, -0.05) is 36.4 Å². The molecule has 65 heavy (non-hydrogen) atoms. The zero-order chi connectivity index (χ0) is 46.0. The summed E-state index contributed by atoms with van der Waals surface area (Å²) in [5.41, 5.74) is 11.7. The van der Waals surface area contributed by atoms with Crippen LogP contribution < -0.4 is 37.0 Å². The molecule has 18 heteroatoms. The number of pyridine rings is 1. The Morgan fingerprint density at radius 1 is 0.892 bits per heavy atom. The van der Waals surface area contributed by atoms with Crippen molar-refractivity contribution in [2.75, 3.05) is 47.8 Å². The van der Waals surface area contributed by atoms with E-state index in [1.54, 1.807) is 60.7 Å². The molecule has 16 nitrogen and oxygen atoms in total. The Kier molecular flexibility index (Phi) is 14.6. The van der Waals surface area contributed by atoms with E-state index in [-0.39, 0.29) is 60.3 Å². The first-order chi connectivity index (χ1) is 31.4. The second kappa shape index (κ2) is 20.8. The molecule has 7 rings (SSSR count). The normalized spacial score (nSPS) is 14.4. The predicted octanol–water partition coefficient (Wildman–Crippen LogP) is 5.57. The first kappa shape index (κ1) is 45.6. The van der Waals surface area contributed by atoms with Gasteiger partial charge < -0.3 is 31.7 Å². The number of nitrogens with two attached hydrogens (primary N) is 1. The van der Waals surface area contributed by atoms with Gasteiger partial charge in [0.2, 0.25) is 23.6 Å². The fourth-order valence-corrected chi connectivity index (χ4v) is 8.21. The number of piperidine rings is 1. The van der Waals surface area contributed by atoms with E-state index in [0.29, 0.717) is 70.9 Å². The second-order valence-corrected chi connectivity index (χ2v) is 16.2. The Hall–Kier alpha value is -7.44. The number of aldehydes is 1. The molecule has 1 fully saturated rings. The lowest BCUT2D eigenvalue weighted by molar-refractivity contribution is -0.136. The monoisotopic (exact) mass is 899 g/mol. The van der Waals surface area contributed by atoms with E-state index in [0.717, 1.165) is 22.3 Å². The van der Waals surface area contributed by atoms with Crippen molar-refractivity contribution >= 4 is 76.6 Å². The number of anilines is 4. The first-order valence-electron chi connectivity index (χ1n) is 20.9. The Morgan fingerprint density at radius 2 is 1.71 bits per heavy atom. The predicted molar refractivity (Wildman–Crippen MR) is 246 cm³/mol. The molecule has 0 spiro atoms. The standard InChI is InChI=1S/C47H46FN9O7S/c1-50-19-17-27-20-28(11-12-29(27)26-58)36-21-30(24-53-44(36)49)34-14-13-33(23-37(34)48)65-56-32-7-4-6-31(22-32)54-40(59)10-2-3-18-51-42(61)25-52-38-9-5-8-35-43(38)47(64)57(46(35)63)39-15-16-41(60)55-45(39)62/h4-9,11-14,20-24,26,39,50,52,56H,2-3,10,15-19,25H2,1H3,(H2,49,53)(H,51,61)(H,54,59)(H,55,60,62). The van der Waals surface area contributed by atoms with Crippen molar-refractivity contribution in [2.24, 2.45) is 0 Å². The molecule has 5 aromatic rings. The summed E-state index contributed by atoms with van der Waals surface area (Å²) in [7, 11) is 1.84. The third-order valence-corrected chi connectivity index (χ3v) is 11.7. The van der Waals surface area contributed by atoms with Crippen molar-refractivity contribution in [3.63, 3.8) is 0 Å². The Labute approximate surface area is 377 Å². The molecule has 0 saturated carbocycles. The van der Waals surface area contributed by atoms with Gasteiger partial charge in [-0.05, 0) is 111 Å². The van der Waals surface area contributed by atoms with Crippen LogP contribution in [0.15, 0.2) is 96.0 Å². The van der Waals surface area contributed by atoms with Crippen LogP contribution in [-0.4, -0.2) is 84.3 Å². The maximum atomic E-state index is 15.6. The minimum absolute atomic E-state index is 0.00498. The summed E-state index contributed by atoms with van der Waals surface area (Å²) in [6.45, 7) is 0.797. The Balaban J connectivity index is 0.844. The quantitative estimate of drug-likeness (QED) is 0.0233. The van der Waals surface area contributed by atoms with Crippen LogP contribution in [-0.2, 0) is 25.6 Å². The van der Waals surface area contributed by atoms with Crippen molar-refractivity contribution in [3.8, 4) is 22.3 Å². The number of likely N-dealkylation sites (N-methyl/N-ethyl adjacent to an activating group) is 1. The van der Waals surface area contributed by atoms with Gasteiger partial charge in [0.1, 0.15) is 24.0 Å². The SMILES string of the molecule is CNCCc1cc(-c2cc(-c3ccc(SNc4cccc(NC(=O)CCCCNC(=O)CNc5cccc6c5C(=O)N(C5CCC(=O)NC5=O)C6=O)c4)cc3F)cnc2N)ccc1C=O. The van der Waals surface area contributed by atoms with Gasteiger partial charge in [-0.15, -0.1) is 0 Å². The van der Waals surface area contributed by atoms with E-state index in [1.165, 1.54) is 30.3 Å². The van der Waals surface area contributed by atoms with Gasteiger partial charge in [0, 0.05) is 69.8 Å². The number of aromatic nitrogens is 1. The third-order valence-electron chi connectivity index (χ3n) is 10.9. The van der Waals surface area contributed by atoms with Gasteiger partial charge in [-0.25, -0.2) is 9.37 Å². The number of hydrogen-bond acceptors (Lipinski definition) is 13. The molecule has 2 aliphatic heterocycles. The van der Waals surface area contributed by atoms with Gasteiger partial charge in [0.05, 0.1) is 17.7 Å². The molecule has 3 heterocycles. The number of carbonyl (C=O) groups is 7. The molecule has 8 N–H and O–H groups in total. The number of imide groups is 2. The number of benzene rings is 4. The number of carbonyl (C=O) groups excluding carboxylic acids is 7. The van der Waals surface area contributed by atoms with E-state index in [1.807, 2.05) is 19.2 Å². The third kappa shape index (κ3) is 10.9. The number of rotatable bonds is 19. The molecule has 334 valence electrons. The molecule has 0 aliphatic carbocycles. The molecule has 0 bridgehead atoms. The van der Waals surface area contributed by atoms with E-state index in [9.17, 15) is 33.6 Å². The molecule has 2 aliphatic rings. The lowest BCUT2D eigenvalue weighted by atomic mass is 9.96. The molecule has 1 unspecified atom stereocenters. The lowest BCUT2D eigenvalue weighted by Crippen LogP contribution is -2.54. The minimum Gasteiger partial charge on any atom is -0.383 e. The largest absolute Gasteiger partial charge is 0.383 e. The summed E-state index contributed by atoms with van der Waals surface area (Å²) >= 11 is 1.20. The van der Waals surface area contributed by atoms with Gasteiger partial charge >= 0.3 is 0 Å². The minimum atomic E-state index is -1.10. The zero-order valence-electron chi connectivity index (χ0n) is 35.3. The van der Waals surface area contributed by atoms with Crippen LogP contribution in [0.25, 0.3) is 22.3 Å². The fraction of sp³-hybridized carbons (Fsp3) is 0.234. The summed E-state index contributed by atoms with van der Waals surface area (Å²) in [5.74, 6) is -3.24.